The summed E-state index contributed by atoms with van der Waals surface area (Å²) in [5, 5.41) is 8.94. The quantitative estimate of drug-likeness (QED) is 0.439. The molecule has 9 heteroatoms. The van der Waals surface area contributed by atoms with Crippen molar-refractivity contribution in [3.63, 3.8) is 0 Å². The zero-order valence-electron chi connectivity index (χ0n) is 16.8. The number of halogens is 1. The Hall–Kier alpha value is -3.52. The van der Waals surface area contributed by atoms with E-state index in [0.29, 0.717) is 34.4 Å². The van der Waals surface area contributed by atoms with Gasteiger partial charge >= 0.3 is 0 Å². The lowest BCUT2D eigenvalue weighted by molar-refractivity contribution is 0.0949. The zero-order chi connectivity index (χ0) is 21.5. The molecule has 0 aliphatic carbocycles. The number of hydrogen-bond donors (Lipinski definition) is 1. The third-order valence-electron chi connectivity index (χ3n) is 4.24. The summed E-state index contributed by atoms with van der Waals surface area (Å²) in [5.74, 6) is 1.15. The summed E-state index contributed by atoms with van der Waals surface area (Å²) < 4.78 is 17.5. The van der Waals surface area contributed by atoms with Crippen molar-refractivity contribution < 1.29 is 19.0 Å². The van der Waals surface area contributed by atoms with Crippen molar-refractivity contribution in [1.29, 1.82) is 0 Å². The van der Waals surface area contributed by atoms with E-state index in [4.69, 9.17) is 25.8 Å². The molecule has 0 aliphatic rings. The van der Waals surface area contributed by atoms with Crippen molar-refractivity contribution in [2.75, 3.05) is 21.3 Å². The highest BCUT2D eigenvalue weighted by molar-refractivity contribution is 6.30. The molecule has 0 fully saturated rings. The Bertz CT molecular complexity index is 1050. The van der Waals surface area contributed by atoms with Crippen molar-refractivity contribution in [2.24, 2.45) is 5.10 Å². The number of hydrazone groups is 1. The molecule has 0 radical (unpaired) electrons. The lowest BCUT2D eigenvalue weighted by Crippen LogP contribution is -2.18. The van der Waals surface area contributed by atoms with Crippen LogP contribution in [0.2, 0.25) is 5.02 Å². The molecule has 30 heavy (non-hydrogen) atoms. The summed E-state index contributed by atoms with van der Waals surface area (Å²) in [6, 6.07) is 12.4. The first kappa shape index (κ1) is 21.2. The minimum atomic E-state index is -0.430. The van der Waals surface area contributed by atoms with Gasteiger partial charge in [-0.25, -0.2) is 5.43 Å². The Labute approximate surface area is 179 Å². The highest BCUT2D eigenvalue weighted by atomic mass is 35.5. The summed E-state index contributed by atoms with van der Waals surface area (Å²) in [6.45, 7) is 0.524. The predicted octanol–water partition coefficient (Wildman–Crippen LogP) is 3.37. The summed E-state index contributed by atoms with van der Waals surface area (Å²) in [7, 11) is 4.61. The van der Waals surface area contributed by atoms with E-state index in [2.05, 4.69) is 15.6 Å². The van der Waals surface area contributed by atoms with Gasteiger partial charge in [-0.3, -0.25) is 9.48 Å². The molecule has 1 aromatic heterocycles. The smallest absolute Gasteiger partial charge is 0.291 e. The molecule has 8 nitrogen and oxygen atoms in total. The number of benzene rings is 2. The van der Waals surface area contributed by atoms with E-state index >= 15 is 0 Å². The number of carbonyl (C=O) groups excluding carboxylic acids is 1. The van der Waals surface area contributed by atoms with E-state index in [0.717, 1.165) is 5.56 Å². The second-order valence-electron chi connectivity index (χ2n) is 6.17. The van der Waals surface area contributed by atoms with Gasteiger partial charge in [0.05, 0.1) is 34.1 Å². The normalized spacial score (nSPS) is 10.8. The van der Waals surface area contributed by atoms with Gasteiger partial charge in [-0.2, -0.15) is 10.2 Å². The molecule has 1 amide bonds. The number of hydrogen-bond acceptors (Lipinski definition) is 6. The van der Waals surface area contributed by atoms with Crippen LogP contribution in [0.15, 0.2) is 53.8 Å². The molecule has 0 aliphatic heterocycles. The molecular weight excluding hydrogens is 408 g/mol. The zero-order valence-corrected chi connectivity index (χ0v) is 17.5. The average Bonchev–Trinajstić information content (AvgIpc) is 3.23. The predicted molar refractivity (Wildman–Crippen MR) is 114 cm³/mol. The lowest BCUT2D eigenvalue weighted by Gasteiger charge is -2.11. The average molecular weight is 429 g/mol. The molecule has 0 saturated heterocycles. The SMILES string of the molecule is COc1cc(OC)c(OC)cc1/C=N/NC(=O)c1ccn(Cc2ccc(Cl)cc2)n1. The first-order chi connectivity index (χ1) is 14.5. The van der Waals surface area contributed by atoms with E-state index in [1.54, 1.807) is 29.1 Å². The van der Waals surface area contributed by atoms with E-state index in [1.165, 1.54) is 27.5 Å². The largest absolute Gasteiger partial charge is 0.496 e. The maximum Gasteiger partial charge on any atom is 0.291 e. The molecule has 2 aromatic carbocycles. The third kappa shape index (κ3) is 5.09. The summed E-state index contributed by atoms with van der Waals surface area (Å²) in [4.78, 5) is 12.3. The fourth-order valence-electron chi connectivity index (χ4n) is 2.72. The molecule has 3 aromatic rings. The maximum absolute atomic E-state index is 12.3. The first-order valence-corrected chi connectivity index (χ1v) is 9.33. The van der Waals surface area contributed by atoms with Crippen LogP contribution >= 0.6 is 11.6 Å². The number of ether oxygens (including phenoxy) is 3. The molecule has 0 bridgehead atoms. The van der Waals surface area contributed by atoms with Crippen LogP contribution in [0.25, 0.3) is 0 Å². The first-order valence-electron chi connectivity index (χ1n) is 8.95. The van der Waals surface area contributed by atoms with E-state index in [-0.39, 0.29) is 5.69 Å². The minimum absolute atomic E-state index is 0.250. The molecule has 0 saturated carbocycles. The van der Waals surface area contributed by atoms with Gasteiger partial charge in [0, 0.05) is 22.8 Å². The fourth-order valence-corrected chi connectivity index (χ4v) is 2.85. The van der Waals surface area contributed by atoms with Crippen LogP contribution in [0.4, 0.5) is 0 Å². The second-order valence-corrected chi connectivity index (χ2v) is 6.61. The third-order valence-corrected chi connectivity index (χ3v) is 4.49. The maximum atomic E-state index is 12.3. The van der Waals surface area contributed by atoms with E-state index in [1.807, 2.05) is 24.3 Å². The standard InChI is InChI=1S/C21H21ClN4O4/c1-28-18-11-20(30-3)19(29-2)10-15(18)12-23-24-21(27)17-8-9-26(25-17)13-14-4-6-16(22)7-5-14/h4-12H,13H2,1-3H3,(H,24,27)/b23-12+. The van der Waals surface area contributed by atoms with Crippen LogP contribution < -0.4 is 19.6 Å². The Morgan fingerprint density at radius 2 is 1.73 bits per heavy atom. The number of rotatable bonds is 8. The molecular formula is C21H21ClN4O4. The van der Waals surface area contributed by atoms with Gasteiger partial charge in [0.15, 0.2) is 17.2 Å². The number of nitrogens with one attached hydrogen (secondary N) is 1. The minimum Gasteiger partial charge on any atom is -0.496 e. The number of aromatic nitrogens is 2. The monoisotopic (exact) mass is 428 g/mol. The lowest BCUT2D eigenvalue weighted by atomic mass is 10.2. The Morgan fingerprint density at radius 3 is 2.40 bits per heavy atom. The fraction of sp³-hybridized carbons (Fsp3) is 0.190. The number of nitrogens with zero attached hydrogens (tertiary/aromatic N) is 3. The molecule has 1 heterocycles. The van der Waals surface area contributed by atoms with Gasteiger partial charge < -0.3 is 14.2 Å². The molecule has 1 N–H and O–H groups in total. The van der Waals surface area contributed by atoms with Crippen molar-refractivity contribution in [3.05, 3.63) is 70.5 Å². The van der Waals surface area contributed by atoms with Crippen LogP contribution in [-0.2, 0) is 6.54 Å². The van der Waals surface area contributed by atoms with Gasteiger partial charge in [0.1, 0.15) is 5.75 Å². The molecule has 0 spiro atoms. The summed E-state index contributed by atoms with van der Waals surface area (Å²) >= 11 is 5.89. The van der Waals surface area contributed by atoms with Gasteiger partial charge in [-0.1, -0.05) is 23.7 Å². The molecule has 0 atom stereocenters. The summed E-state index contributed by atoms with van der Waals surface area (Å²) in [5.41, 5.74) is 4.35. The molecule has 0 unspecified atom stereocenters. The van der Waals surface area contributed by atoms with Gasteiger partial charge in [-0.15, -0.1) is 0 Å². The van der Waals surface area contributed by atoms with Gasteiger partial charge in [-0.05, 0) is 29.8 Å². The van der Waals surface area contributed by atoms with Crippen molar-refractivity contribution >= 4 is 23.7 Å². The van der Waals surface area contributed by atoms with Crippen molar-refractivity contribution in [1.82, 2.24) is 15.2 Å². The van der Waals surface area contributed by atoms with Crippen LogP contribution in [0.3, 0.4) is 0 Å². The van der Waals surface area contributed by atoms with Crippen molar-refractivity contribution in [2.45, 2.75) is 6.54 Å². The number of carbonyl (C=O) groups is 1. The van der Waals surface area contributed by atoms with Gasteiger partial charge in [0.25, 0.3) is 5.91 Å². The Morgan fingerprint density at radius 1 is 1.07 bits per heavy atom. The highest BCUT2D eigenvalue weighted by Gasteiger charge is 2.12. The van der Waals surface area contributed by atoms with Crippen LogP contribution in [-0.4, -0.2) is 43.2 Å². The number of amides is 1. The Kier molecular flexibility index (Phi) is 6.92. The molecule has 156 valence electrons. The number of methoxy groups -OCH3 is 3. The summed E-state index contributed by atoms with van der Waals surface area (Å²) in [6.07, 6.45) is 3.19. The van der Waals surface area contributed by atoms with E-state index < -0.39 is 5.91 Å². The van der Waals surface area contributed by atoms with Crippen LogP contribution in [0.1, 0.15) is 21.6 Å². The Balaban J connectivity index is 1.66. The van der Waals surface area contributed by atoms with Gasteiger partial charge in [0.2, 0.25) is 0 Å². The topological polar surface area (TPSA) is 87.0 Å². The van der Waals surface area contributed by atoms with Crippen LogP contribution in [0, 0.1) is 0 Å². The molecule has 3 rings (SSSR count). The van der Waals surface area contributed by atoms with Crippen molar-refractivity contribution in [3.8, 4) is 17.2 Å². The second kappa shape index (κ2) is 9.80. The van der Waals surface area contributed by atoms with E-state index in [9.17, 15) is 4.79 Å². The highest BCUT2D eigenvalue weighted by Crippen LogP contribution is 2.33. The van der Waals surface area contributed by atoms with Crippen LogP contribution in [0.5, 0.6) is 17.2 Å².